The minimum atomic E-state index is 0.817. The lowest BCUT2D eigenvalue weighted by molar-refractivity contribution is 0.573. The Labute approximate surface area is 118 Å². The molecule has 0 unspecified atom stereocenters. The summed E-state index contributed by atoms with van der Waals surface area (Å²) in [6.45, 7) is 6.99. The molecule has 0 saturated carbocycles. The summed E-state index contributed by atoms with van der Waals surface area (Å²) < 4.78 is 2.00. The normalized spacial score (nSPS) is 11.3. The van der Waals surface area contributed by atoms with Crippen LogP contribution in [0.2, 0.25) is 0 Å². The molecule has 5 heteroatoms. The Morgan fingerprint density at radius 1 is 1.20 bits per heavy atom. The zero-order chi connectivity index (χ0) is 14.1. The number of nitrogens with one attached hydrogen (secondary N) is 1. The van der Waals surface area contributed by atoms with Gasteiger partial charge in [-0.3, -0.25) is 0 Å². The van der Waals surface area contributed by atoms with E-state index in [1.807, 2.05) is 24.6 Å². The Kier molecular flexibility index (Phi) is 3.26. The first-order valence-electron chi connectivity index (χ1n) is 7.05. The van der Waals surface area contributed by atoms with Gasteiger partial charge in [-0.15, -0.1) is 0 Å². The van der Waals surface area contributed by atoms with Crippen LogP contribution in [0.3, 0.4) is 0 Å². The van der Waals surface area contributed by atoms with Gasteiger partial charge in [0.2, 0.25) is 0 Å². The largest absolute Gasteiger partial charge is 0.342 e. The highest BCUT2D eigenvalue weighted by molar-refractivity contribution is 5.80. The number of H-pyrrole nitrogens is 1. The highest BCUT2D eigenvalue weighted by Crippen LogP contribution is 2.22. The molecular formula is C15H19N5. The molecule has 2 aromatic heterocycles. The van der Waals surface area contributed by atoms with Crippen LogP contribution in [0, 0.1) is 13.8 Å². The van der Waals surface area contributed by atoms with E-state index in [0.717, 1.165) is 53.5 Å². The van der Waals surface area contributed by atoms with Gasteiger partial charge in [0.25, 0.3) is 0 Å². The molecule has 0 aliphatic heterocycles. The van der Waals surface area contributed by atoms with E-state index < -0.39 is 0 Å². The van der Waals surface area contributed by atoms with Crippen molar-refractivity contribution in [1.82, 2.24) is 24.7 Å². The fourth-order valence-corrected chi connectivity index (χ4v) is 2.41. The minimum Gasteiger partial charge on any atom is -0.342 e. The first kappa shape index (κ1) is 12.8. The maximum Gasteiger partial charge on any atom is 0.158 e. The molecule has 0 saturated heterocycles. The second kappa shape index (κ2) is 5.07. The average molecular weight is 269 g/mol. The third kappa shape index (κ3) is 2.31. The highest BCUT2D eigenvalue weighted by Gasteiger charge is 2.11. The maximum atomic E-state index is 4.56. The quantitative estimate of drug-likeness (QED) is 0.791. The molecule has 20 heavy (non-hydrogen) atoms. The van der Waals surface area contributed by atoms with Gasteiger partial charge in [0, 0.05) is 12.1 Å². The van der Waals surface area contributed by atoms with Crippen molar-refractivity contribution in [2.24, 2.45) is 0 Å². The summed E-state index contributed by atoms with van der Waals surface area (Å²) in [5.74, 6) is 2.68. The van der Waals surface area contributed by atoms with E-state index in [9.17, 15) is 0 Å². The van der Waals surface area contributed by atoms with Crippen molar-refractivity contribution in [3.63, 3.8) is 0 Å². The first-order chi connectivity index (χ1) is 9.67. The van der Waals surface area contributed by atoms with Crippen molar-refractivity contribution in [3.8, 4) is 11.4 Å². The average Bonchev–Trinajstić information content (AvgIpc) is 2.97. The zero-order valence-electron chi connectivity index (χ0n) is 12.1. The van der Waals surface area contributed by atoms with Gasteiger partial charge in [0.15, 0.2) is 5.82 Å². The summed E-state index contributed by atoms with van der Waals surface area (Å²) in [6, 6.07) is 6.19. The monoisotopic (exact) mass is 269 g/mol. The van der Waals surface area contributed by atoms with Crippen LogP contribution in [0.4, 0.5) is 0 Å². The SMILES string of the molecule is CCCCn1nc(C)nc1-c1ccc2nc(C)[nH]c2c1. The standard InChI is InChI=1S/C15H19N5/c1-4-5-8-20-15(18-11(3)19-20)12-6-7-13-14(9-12)17-10(2)16-13/h6-7,9H,4-5,8H2,1-3H3,(H,16,17). The summed E-state index contributed by atoms with van der Waals surface area (Å²) >= 11 is 0. The number of hydrogen-bond acceptors (Lipinski definition) is 3. The second-order valence-corrected chi connectivity index (χ2v) is 5.11. The molecule has 0 atom stereocenters. The van der Waals surface area contributed by atoms with Gasteiger partial charge in [-0.1, -0.05) is 13.3 Å². The van der Waals surface area contributed by atoms with Gasteiger partial charge in [0.1, 0.15) is 11.6 Å². The lowest BCUT2D eigenvalue weighted by Gasteiger charge is -2.05. The number of unbranched alkanes of at least 4 members (excludes halogenated alkanes) is 1. The molecule has 2 heterocycles. The molecule has 1 aromatic carbocycles. The topological polar surface area (TPSA) is 59.4 Å². The van der Waals surface area contributed by atoms with E-state index in [-0.39, 0.29) is 0 Å². The number of aromatic amines is 1. The third-order valence-corrected chi connectivity index (χ3v) is 3.36. The van der Waals surface area contributed by atoms with Crippen molar-refractivity contribution in [2.45, 2.75) is 40.2 Å². The Morgan fingerprint density at radius 2 is 2.05 bits per heavy atom. The highest BCUT2D eigenvalue weighted by atomic mass is 15.3. The molecule has 104 valence electrons. The predicted octanol–water partition coefficient (Wildman–Crippen LogP) is 3.24. The fourth-order valence-electron chi connectivity index (χ4n) is 2.41. The van der Waals surface area contributed by atoms with E-state index >= 15 is 0 Å². The lowest BCUT2D eigenvalue weighted by atomic mass is 10.2. The molecular weight excluding hydrogens is 250 g/mol. The van der Waals surface area contributed by atoms with Gasteiger partial charge >= 0.3 is 0 Å². The minimum absolute atomic E-state index is 0.817. The molecule has 1 N–H and O–H groups in total. The van der Waals surface area contributed by atoms with Crippen LogP contribution in [0.25, 0.3) is 22.4 Å². The van der Waals surface area contributed by atoms with E-state index in [4.69, 9.17) is 0 Å². The number of benzene rings is 1. The van der Waals surface area contributed by atoms with Crippen molar-refractivity contribution in [3.05, 3.63) is 29.8 Å². The van der Waals surface area contributed by atoms with Crippen LogP contribution in [-0.4, -0.2) is 24.7 Å². The van der Waals surface area contributed by atoms with Crippen LogP contribution >= 0.6 is 0 Å². The van der Waals surface area contributed by atoms with Crippen molar-refractivity contribution in [1.29, 1.82) is 0 Å². The summed E-state index contributed by atoms with van der Waals surface area (Å²) in [7, 11) is 0. The predicted molar refractivity (Wildman–Crippen MR) is 79.5 cm³/mol. The second-order valence-electron chi connectivity index (χ2n) is 5.11. The lowest BCUT2D eigenvalue weighted by Crippen LogP contribution is -2.02. The molecule has 0 bridgehead atoms. The van der Waals surface area contributed by atoms with E-state index in [2.05, 4.69) is 39.1 Å². The van der Waals surface area contributed by atoms with E-state index in [1.54, 1.807) is 0 Å². The number of rotatable bonds is 4. The molecule has 0 radical (unpaired) electrons. The Morgan fingerprint density at radius 3 is 2.85 bits per heavy atom. The number of nitrogens with zero attached hydrogens (tertiary/aromatic N) is 4. The summed E-state index contributed by atoms with van der Waals surface area (Å²) in [5.41, 5.74) is 3.11. The number of fused-ring (bicyclic) bond motifs is 1. The van der Waals surface area contributed by atoms with Crippen LogP contribution in [-0.2, 0) is 6.54 Å². The van der Waals surface area contributed by atoms with E-state index in [1.165, 1.54) is 0 Å². The van der Waals surface area contributed by atoms with Gasteiger partial charge in [0.05, 0.1) is 11.0 Å². The molecule has 0 amide bonds. The molecule has 0 fully saturated rings. The fraction of sp³-hybridized carbons (Fsp3) is 0.400. The molecule has 0 spiro atoms. The summed E-state index contributed by atoms with van der Waals surface area (Å²) in [6.07, 6.45) is 2.26. The van der Waals surface area contributed by atoms with Crippen molar-refractivity contribution < 1.29 is 0 Å². The molecule has 3 rings (SSSR count). The summed E-state index contributed by atoms with van der Waals surface area (Å²) in [4.78, 5) is 12.3. The first-order valence-corrected chi connectivity index (χ1v) is 7.05. The Hall–Kier alpha value is -2.17. The molecule has 0 aliphatic rings. The number of aromatic nitrogens is 5. The number of aryl methyl sites for hydroxylation is 3. The van der Waals surface area contributed by atoms with Gasteiger partial charge in [-0.25, -0.2) is 14.6 Å². The van der Waals surface area contributed by atoms with Crippen molar-refractivity contribution >= 4 is 11.0 Å². The van der Waals surface area contributed by atoms with Gasteiger partial charge < -0.3 is 4.98 Å². The van der Waals surface area contributed by atoms with Crippen molar-refractivity contribution in [2.75, 3.05) is 0 Å². The Balaban J connectivity index is 2.05. The Bertz CT molecular complexity index is 738. The number of hydrogen-bond donors (Lipinski definition) is 1. The molecule has 3 aromatic rings. The number of imidazole rings is 1. The molecule has 0 aliphatic carbocycles. The van der Waals surface area contributed by atoms with Crippen LogP contribution < -0.4 is 0 Å². The van der Waals surface area contributed by atoms with E-state index in [0.29, 0.717) is 0 Å². The molecule has 5 nitrogen and oxygen atoms in total. The van der Waals surface area contributed by atoms with Crippen LogP contribution in [0.15, 0.2) is 18.2 Å². The van der Waals surface area contributed by atoms with Crippen LogP contribution in [0.5, 0.6) is 0 Å². The smallest absolute Gasteiger partial charge is 0.158 e. The third-order valence-electron chi connectivity index (χ3n) is 3.36. The van der Waals surface area contributed by atoms with Gasteiger partial charge in [-0.05, 0) is 38.5 Å². The van der Waals surface area contributed by atoms with Crippen LogP contribution in [0.1, 0.15) is 31.4 Å². The zero-order valence-corrected chi connectivity index (χ0v) is 12.1. The van der Waals surface area contributed by atoms with Gasteiger partial charge in [-0.2, -0.15) is 5.10 Å². The maximum absolute atomic E-state index is 4.56. The summed E-state index contributed by atoms with van der Waals surface area (Å²) in [5, 5.41) is 4.49.